The van der Waals surface area contributed by atoms with Crippen molar-refractivity contribution in [3.05, 3.63) is 0 Å². The summed E-state index contributed by atoms with van der Waals surface area (Å²) >= 11 is 0. The minimum Gasteiger partial charge on any atom is -0.394 e. The van der Waals surface area contributed by atoms with Gasteiger partial charge in [0.2, 0.25) is 5.91 Å². The lowest BCUT2D eigenvalue weighted by molar-refractivity contribution is -0.123. The van der Waals surface area contributed by atoms with Crippen LogP contribution in [-0.4, -0.2) is 23.7 Å². The molecule has 2 N–H and O–H groups in total. The number of hydrogen-bond acceptors (Lipinski definition) is 2. The summed E-state index contributed by atoms with van der Waals surface area (Å²) in [6.07, 6.45) is 1.33. The average molecular weight is 215 g/mol. The Hall–Kier alpha value is -0.570. The second-order valence-electron chi connectivity index (χ2n) is 5.81. The van der Waals surface area contributed by atoms with Gasteiger partial charge in [-0.25, -0.2) is 0 Å². The Kier molecular flexibility index (Phi) is 5.88. The molecule has 0 aromatic heterocycles. The van der Waals surface area contributed by atoms with Crippen LogP contribution in [0, 0.1) is 11.3 Å². The summed E-state index contributed by atoms with van der Waals surface area (Å²) in [6, 6.07) is -0.0974. The van der Waals surface area contributed by atoms with Crippen LogP contribution in [0.15, 0.2) is 0 Å². The number of aliphatic hydroxyl groups excluding tert-OH is 1. The van der Waals surface area contributed by atoms with Crippen molar-refractivity contribution in [2.75, 3.05) is 6.61 Å². The molecule has 0 fully saturated rings. The summed E-state index contributed by atoms with van der Waals surface area (Å²) in [5, 5.41) is 12.0. The summed E-state index contributed by atoms with van der Waals surface area (Å²) in [5.74, 6) is 0.513. The highest BCUT2D eigenvalue weighted by Gasteiger charge is 2.18. The van der Waals surface area contributed by atoms with Gasteiger partial charge in [0.05, 0.1) is 12.6 Å². The van der Waals surface area contributed by atoms with Gasteiger partial charge in [-0.2, -0.15) is 0 Å². The van der Waals surface area contributed by atoms with Gasteiger partial charge in [-0.3, -0.25) is 4.79 Å². The lowest BCUT2D eigenvalue weighted by Gasteiger charge is -2.22. The summed E-state index contributed by atoms with van der Waals surface area (Å²) in [4.78, 5) is 11.6. The molecule has 0 saturated carbocycles. The van der Waals surface area contributed by atoms with Gasteiger partial charge in [-0.1, -0.05) is 34.6 Å². The van der Waals surface area contributed by atoms with Gasteiger partial charge in [0, 0.05) is 6.42 Å². The maximum absolute atomic E-state index is 11.6. The third kappa shape index (κ3) is 8.43. The molecule has 90 valence electrons. The number of amides is 1. The van der Waals surface area contributed by atoms with Crippen molar-refractivity contribution in [2.45, 2.75) is 53.5 Å². The van der Waals surface area contributed by atoms with Crippen molar-refractivity contribution in [2.24, 2.45) is 11.3 Å². The summed E-state index contributed by atoms with van der Waals surface area (Å²) in [5.41, 5.74) is 0.00190. The van der Waals surface area contributed by atoms with Crippen LogP contribution < -0.4 is 5.32 Å². The van der Waals surface area contributed by atoms with E-state index in [1.54, 1.807) is 0 Å². The minimum atomic E-state index is -0.0974. The smallest absolute Gasteiger partial charge is 0.220 e. The Bertz CT molecular complexity index is 194. The number of aliphatic hydroxyl groups is 1. The molecule has 3 nitrogen and oxygen atoms in total. The maximum atomic E-state index is 11.6. The number of hydrogen-bond donors (Lipinski definition) is 2. The van der Waals surface area contributed by atoms with Crippen LogP contribution in [0.25, 0.3) is 0 Å². The van der Waals surface area contributed by atoms with E-state index in [2.05, 4.69) is 19.2 Å². The highest BCUT2D eigenvalue weighted by atomic mass is 16.3. The molecule has 0 bridgehead atoms. The fourth-order valence-corrected chi connectivity index (χ4v) is 1.51. The molecule has 0 aliphatic rings. The first-order valence-corrected chi connectivity index (χ1v) is 5.65. The highest BCUT2D eigenvalue weighted by molar-refractivity contribution is 5.76. The number of carbonyl (C=O) groups excluding carboxylic acids is 1. The zero-order chi connectivity index (χ0) is 12.1. The Morgan fingerprint density at radius 2 is 1.87 bits per heavy atom. The van der Waals surface area contributed by atoms with Crippen molar-refractivity contribution in [1.29, 1.82) is 0 Å². The van der Waals surface area contributed by atoms with Crippen LogP contribution in [0.3, 0.4) is 0 Å². The largest absolute Gasteiger partial charge is 0.394 e. The molecule has 1 atom stereocenters. The predicted octanol–water partition coefficient (Wildman–Crippen LogP) is 1.95. The lowest BCUT2D eigenvalue weighted by atomic mass is 9.91. The predicted molar refractivity (Wildman–Crippen MR) is 62.5 cm³/mol. The highest BCUT2D eigenvalue weighted by Crippen LogP contribution is 2.18. The van der Waals surface area contributed by atoms with E-state index in [0.717, 1.165) is 6.42 Å². The van der Waals surface area contributed by atoms with Gasteiger partial charge < -0.3 is 10.4 Å². The minimum absolute atomic E-state index is 0.00190. The molecule has 0 aromatic rings. The van der Waals surface area contributed by atoms with E-state index < -0.39 is 0 Å². The average Bonchev–Trinajstić information content (AvgIpc) is 1.98. The molecule has 1 unspecified atom stereocenters. The van der Waals surface area contributed by atoms with Gasteiger partial charge in [0.15, 0.2) is 0 Å². The van der Waals surface area contributed by atoms with Gasteiger partial charge in [-0.05, 0) is 17.8 Å². The van der Waals surface area contributed by atoms with Crippen LogP contribution in [0.1, 0.15) is 47.5 Å². The SMILES string of the molecule is CC(C)CC(CO)NC(=O)CC(C)(C)C. The molecule has 3 heteroatoms. The van der Waals surface area contributed by atoms with Gasteiger partial charge in [0.25, 0.3) is 0 Å². The molecule has 15 heavy (non-hydrogen) atoms. The van der Waals surface area contributed by atoms with Gasteiger partial charge in [-0.15, -0.1) is 0 Å². The number of carbonyl (C=O) groups is 1. The standard InChI is InChI=1S/C12H25NO2/c1-9(2)6-10(8-14)13-11(15)7-12(3,4)5/h9-10,14H,6-8H2,1-5H3,(H,13,15). The Balaban J connectivity index is 4.02. The molecule has 0 radical (unpaired) electrons. The first-order valence-electron chi connectivity index (χ1n) is 5.65. The van der Waals surface area contributed by atoms with Crippen LogP contribution >= 0.6 is 0 Å². The van der Waals surface area contributed by atoms with Crippen molar-refractivity contribution in [3.63, 3.8) is 0 Å². The molecule has 0 spiro atoms. The molecule has 0 aliphatic carbocycles. The molecule has 0 heterocycles. The van der Waals surface area contributed by atoms with E-state index in [-0.39, 0.29) is 24.0 Å². The summed E-state index contributed by atoms with van der Waals surface area (Å²) in [6.45, 7) is 10.3. The fraction of sp³-hybridized carbons (Fsp3) is 0.917. The van der Waals surface area contributed by atoms with Crippen LogP contribution in [0.4, 0.5) is 0 Å². The number of rotatable bonds is 5. The normalized spacial score (nSPS) is 14.1. The van der Waals surface area contributed by atoms with Gasteiger partial charge in [0.1, 0.15) is 0 Å². The molecule has 0 aliphatic heterocycles. The zero-order valence-electron chi connectivity index (χ0n) is 10.6. The van der Waals surface area contributed by atoms with Crippen LogP contribution in [0.2, 0.25) is 0 Å². The van der Waals surface area contributed by atoms with Crippen molar-refractivity contribution in [1.82, 2.24) is 5.32 Å². The molecule has 0 saturated heterocycles. The molecular weight excluding hydrogens is 190 g/mol. The van der Waals surface area contributed by atoms with E-state index in [4.69, 9.17) is 5.11 Å². The van der Waals surface area contributed by atoms with E-state index in [0.29, 0.717) is 12.3 Å². The first-order chi connectivity index (χ1) is 6.74. The Morgan fingerprint density at radius 1 is 1.33 bits per heavy atom. The van der Waals surface area contributed by atoms with Crippen molar-refractivity contribution >= 4 is 5.91 Å². The lowest BCUT2D eigenvalue weighted by Crippen LogP contribution is -2.39. The van der Waals surface area contributed by atoms with E-state index in [9.17, 15) is 4.79 Å². The molecule has 0 aromatic carbocycles. The first kappa shape index (κ1) is 14.4. The third-order valence-electron chi connectivity index (χ3n) is 2.03. The third-order valence-corrected chi connectivity index (χ3v) is 2.03. The zero-order valence-corrected chi connectivity index (χ0v) is 10.6. The second-order valence-corrected chi connectivity index (χ2v) is 5.81. The molecular formula is C12H25NO2. The van der Waals surface area contributed by atoms with Crippen molar-refractivity contribution < 1.29 is 9.90 Å². The molecule has 0 rings (SSSR count). The summed E-state index contributed by atoms with van der Waals surface area (Å²) < 4.78 is 0. The summed E-state index contributed by atoms with van der Waals surface area (Å²) in [7, 11) is 0. The van der Waals surface area contributed by atoms with Crippen LogP contribution in [-0.2, 0) is 4.79 Å². The fourth-order valence-electron chi connectivity index (χ4n) is 1.51. The Labute approximate surface area is 93.3 Å². The Morgan fingerprint density at radius 3 is 2.20 bits per heavy atom. The van der Waals surface area contributed by atoms with E-state index in [1.807, 2.05) is 20.8 Å². The number of nitrogens with one attached hydrogen (secondary N) is 1. The van der Waals surface area contributed by atoms with Crippen molar-refractivity contribution in [3.8, 4) is 0 Å². The van der Waals surface area contributed by atoms with E-state index in [1.165, 1.54) is 0 Å². The molecule has 1 amide bonds. The topological polar surface area (TPSA) is 49.3 Å². The second kappa shape index (κ2) is 6.11. The quantitative estimate of drug-likeness (QED) is 0.736. The van der Waals surface area contributed by atoms with Gasteiger partial charge >= 0.3 is 0 Å². The van der Waals surface area contributed by atoms with Crippen LogP contribution in [0.5, 0.6) is 0 Å². The monoisotopic (exact) mass is 215 g/mol. The van der Waals surface area contributed by atoms with E-state index >= 15 is 0 Å². The maximum Gasteiger partial charge on any atom is 0.220 e.